The van der Waals surface area contributed by atoms with Gasteiger partial charge in [0.25, 0.3) is 0 Å². The van der Waals surface area contributed by atoms with Crippen molar-refractivity contribution in [1.82, 2.24) is 4.98 Å². The van der Waals surface area contributed by atoms with Crippen LogP contribution in [0.15, 0.2) is 54.0 Å². The molecule has 0 saturated heterocycles. The lowest BCUT2D eigenvalue weighted by atomic mass is 10.3. The van der Waals surface area contributed by atoms with Crippen LogP contribution in [-0.2, 0) is 11.2 Å². The minimum Gasteiger partial charge on any atom is -0.353 e. The molecule has 1 amide bonds. The van der Waals surface area contributed by atoms with Gasteiger partial charge in [0.2, 0.25) is 5.91 Å². The maximum absolute atomic E-state index is 11.9. The number of hydrogen-bond donors (Lipinski definition) is 2. The number of rotatable bonds is 5. The number of pyridine rings is 1. The fourth-order valence-electron chi connectivity index (χ4n) is 2.05. The fourth-order valence-corrected chi connectivity index (χ4v) is 3.09. The lowest BCUT2D eigenvalue weighted by Gasteiger charge is -2.09. The quantitative estimate of drug-likeness (QED) is 0.627. The Kier molecular flexibility index (Phi) is 5.35. The molecule has 2 N–H and O–H groups in total. The Balaban J connectivity index is 1.62. The van der Waals surface area contributed by atoms with Crippen molar-refractivity contribution in [2.75, 3.05) is 10.6 Å². The van der Waals surface area contributed by atoms with Gasteiger partial charge >= 0.3 is 0 Å². The highest BCUT2D eigenvalue weighted by Gasteiger charge is 2.06. The maximum Gasteiger partial charge on any atom is 0.230 e. The van der Waals surface area contributed by atoms with Crippen LogP contribution < -0.4 is 10.6 Å². The molecule has 0 fully saturated rings. The Morgan fingerprint density at radius 2 is 2.04 bits per heavy atom. The van der Waals surface area contributed by atoms with E-state index in [2.05, 4.69) is 15.6 Å². The van der Waals surface area contributed by atoms with Gasteiger partial charge in [-0.15, -0.1) is 11.3 Å². The molecule has 0 atom stereocenters. The number of halogens is 2. The highest BCUT2D eigenvalue weighted by Crippen LogP contribution is 2.28. The second-order valence-electron chi connectivity index (χ2n) is 4.99. The molecule has 3 rings (SSSR count). The van der Waals surface area contributed by atoms with Crippen molar-refractivity contribution in [3.63, 3.8) is 0 Å². The van der Waals surface area contributed by atoms with E-state index in [1.807, 2.05) is 23.6 Å². The monoisotopic (exact) mass is 377 g/mol. The summed E-state index contributed by atoms with van der Waals surface area (Å²) in [5.74, 6) is 0.405. The van der Waals surface area contributed by atoms with Crippen LogP contribution in [0.2, 0.25) is 10.0 Å². The molecular weight excluding hydrogens is 365 g/mol. The van der Waals surface area contributed by atoms with E-state index >= 15 is 0 Å². The average Bonchev–Trinajstić information content (AvgIpc) is 3.05. The van der Waals surface area contributed by atoms with Gasteiger partial charge < -0.3 is 10.6 Å². The van der Waals surface area contributed by atoms with Crippen LogP contribution in [0.4, 0.5) is 17.2 Å². The first kappa shape index (κ1) is 16.8. The van der Waals surface area contributed by atoms with Crippen LogP contribution >= 0.6 is 34.5 Å². The Morgan fingerprint density at radius 1 is 1.17 bits per heavy atom. The largest absolute Gasteiger partial charge is 0.353 e. The highest BCUT2D eigenvalue weighted by atomic mass is 35.5. The SMILES string of the molecule is O=C(Cc1cccs1)Nc1ccc(Nc2cc(Cl)ccc2Cl)cn1. The molecule has 2 heterocycles. The molecule has 0 aliphatic carbocycles. The number of aromatic nitrogens is 1. The van der Waals surface area contributed by atoms with Crippen molar-refractivity contribution >= 4 is 57.6 Å². The molecular formula is C17H13Cl2N3OS. The standard InChI is InChI=1S/C17H13Cl2N3OS/c18-11-3-5-14(19)15(8-11)21-12-4-6-16(20-10-12)22-17(23)9-13-2-1-7-24-13/h1-8,10,21H,9H2,(H,20,22,23). The Morgan fingerprint density at radius 3 is 2.75 bits per heavy atom. The van der Waals surface area contributed by atoms with Gasteiger partial charge in [-0.25, -0.2) is 4.98 Å². The number of benzene rings is 1. The van der Waals surface area contributed by atoms with E-state index in [9.17, 15) is 4.79 Å². The summed E-state index contributed by atoms with van der Waals surface area (Å²) in [6.45, 7) is 0. The van der Waals surface area contributed by atoms with Crippen molar-refractivity contribution in [1.29, 1.82) is 0 Å². The van der Waals surface area contributed by atoms with Crippen LogP contribution in [-0.4, -0.2) is 10.9 Å². The van der Waals surface area contributed by atoms with Gasteiger partial charge in [-0.3, -0.25) is 4.79 Å². The molecule has 1 aromatic carbocycles. The molecule has 0 aliphatic rings. The number of amides is 1. The zero-order chi connectivity index (χ0) is 16.9. The number of nitrogens with one attached hydrogen (secondary N) is 2. The maximum atomic E-state index is 11.9. The second kappa shape index (κ2) is 7.66. The second-order valence-corrected chi connectivity index (χ2v) is 6.86. The first-order chi connectivity index (χ1) is 11.6. The Hall–Kier alpha value is -2.08. The Labute approximate surface area is 153 Å². The van der Waals surface area contributed by atoms with E-state index in [0.29, 0.717) is 28.0 Å². The molecule has 4 nitrogen and oxygen atoms in total. The van der Waals surface area contributed by atoms with Crippen molar-refractivity contribution in [2.45, 2.75) is 6.42 Å². The van der Waals surface area contributed by atoms with E-state index in [1.165, 1.54) is 0 Å². The predicted octanol–water partition coefficient (Wildman–Crippen LogP) is 5.37. The molecule has 0 unspecified atom stereocenters. The van der Waals surface area contributed by atoms with Gasteiger partial charge in [0.15, 0.2) is 0 Å². The van der Waals surface area contributed by atoms with Crippen LogP contribution in [0.5, 0.6) is 0 Å². The average molecular weight is 378 g/mol. The molecule has 122 valence electrons. The van der Waals surface area contributed by atoms with Gasteiger partial charge in [-0.05, 0) is 41.8 Å². The molecule has 7 heteroatoms. The number of nitrogens with zero attached hydrogens (tertiary/aromatic N) is 1. The summed E-state index contributed by atoms with van der Waals surface area (Å²) in [6.07, 6.45) is 1.97. The van der Waals surface area contributed by atoms with Gasteiger partial charge in [-0.2, -0.15) is 0 Å². The fraction of sp³-hybridized carbons (Fsp3) is 0.0588. The van der Waals surface area contributed by atoms with Crippen molar-refractivity contribution < 1.29 is 4.79 Å². The summed E-state index contributed by atoms with van der Waals surface area (Å²) in [5, 5.41) is 9.01. The number of hydrogen-bond acceptors (Lipinski definition) is 4. The summed E-state index contributed by atoms with van der Waals surface area (Å²) < 4.78 is 0. The van der Waals surface area contributed by atoms with Crippen LogP contribution in [0.3, 0.4) is 0 Å². The summed E-state index contributed by atoms with van der Waals surface area (Å²) >= 11 is 13.6. The molecule has 24 heavy (non-hydrogen) atoms. The lowest BCUT2D eigenvalue weighted by molar-refractivity contribution is -0.115. The summed E-state index contributed by atoms with van der Waals surface area (Å²) in [6, 6.07) is 12.6. The van der Waals surface area contributed by atoms with Gasteiger partial charge in [-0.1, -0.05) is 29.3 Å². The molecule has 2 aromatic heterocycles. The molecule has 0 spiro atoms. The van der Waals surface area contributed by atoms with E-state index in [0.717, 1.165) is 10.6 Å². The lowest BCUT2D eigenvalue weighted by Crippen LogP contribution is -2.14. The molecule has 0 bridgehead atoms. The van der Waals surface area contributed by atoms with Crippen molar-refractivity contribution in [3.05, 3.63) is 69.0 Å². The zero-order valence-corrected chi connectivity index (χ0v) is 14.8. The van der Waals surface area contributed by atoms with Gasteiger partial charge in [0.1, 0.15) is 5.82 Å². The third kappa shape index (κ3) is 4.47. The van der Waals surface area contributed by atoms with Gasteiger partial charge in [0.05, 0.1) is 29.0 Å². The summed E-state index contributed by atoms with van der Waals surface area (Å²) in [4.78, 5) is 17.2. The van der Waals surface area contributed by atoms with Crippen LogP contribution in [0.25, 0.3) is 0 Å². The molecule has 3 aromatic rings. The summed E-state index contributed by atoms with van der Waals surface area (Å²) in [7, 11) is 0. The topological polar surface area (TPSA) is 54.0 Å². The number of anilines is 3. The molecule has 0 aliphatic heterocycles. The third-order valence-electron chi connectivity index (χ3n) is 3.15. The minimum atomic E-state index is -0.0939. The zero-order valence-electron chi connectivity index (χ0n) is 12.4. The Bertz CT molecular complexity index is 836. The van der Waals surface area contributed by atoms with Crippen molar-refractivity contribution in [2.24, 2.45) is 0 Å². The van der Waals surface area contributed by atoms with Crippen LogP contribution in [0, 0.1) is 0 Å². The highest BCUT2D eigenvalue weighted by molar-refractivity contribution is 7.10. The normalized spacial score (nSPS) is 10.4. The smallest absolute Gasteiger partial charge is 0.230 e. The number of thiophene rings is 1. The first-order valence-electron chi connectivity index (χ1n) is 7.10. The summed E-state index contributed by atoms with van der Waals surface area (Å²) in [5.41, 5.74) is 1.44. The van der Waals surface area contributed by atoms with E-state index in [4.69, 9.17) is 23.2 Å². The van der Waals surface area contributed by atoms with Gasteiger partial charge in [0, 0.05) is 9.90 Å². The third-order valence-corrected chi connectivity index (χ3v) is 4.59. The van der Waals surface area contributed by atoms with E-state index < -0.39 is 0 Å². The first-order valence-corrected chi connectivity index (χ1v) is 8.74. The number of carbonyl (C=O) groups excluding carboxylic acids is 1. The van der Waals surface area contributed by atoms with Crippen LogP contribution in [0.1, 0.15) is 4.88 Å². The van der Waals surface area contributed by atoms with E-state index in [1.54, 1.807) is 41.8 Å². The van der Waals surface area contributed by atoms with Crippen molar-refractivity contribution in [3.8, 4) is 0 Å². The molecule has 0 saturated carbocycles. The predicted molar refractivity (Wildman–Crippen MR) is 101 cm³/mol. The minimum absolute atomic E-state index is 0.0939. The van der Waals surface area contributed by atoms with E-state index in [-0.39, 0.29) is 5.91 Å². The molecule has 0 radical (unpaired) electrons. The number of carbonyl (C=O) groups is 1.